The van der Waals surface area contributed by atoms with Crippen LogP contribution in [0.25, 0.3) is 0 Å². The number of hydrogen-bond acceptors (Lipinski definition) is 10. The summed E-state index contributed by atoms with van der Waals surface area (Å²) >= 11 is 3.79. The summed E-state index contributed by atoms with van der Waals surface area (Å²) in [4.78, 5) is 29.7. The van der Waals surface area contributed by atoms with E-state index in [9.17, 15) is 9.59 Å². The summed E-state index contributed by atoms with van der Waals surface area (Å²) in [7, 11) is 3.35. The number of thioether (sulfide) groups is 2. The molecule has 246 valence electrons. The molecule has 2 aromatic carbocycles. The van der Waals surface area contributed by atoms with Gasteiger partial charge in [-0.05, 0) is 76.9 Å². The summed E-state index contributed by atoms with van der Waals surface area (Å²) in [6.45, 7) is 14.2. The zero-order chi connectivity index (χ0) is 32.6. The minimum absolute atomic E-state index is 0.0305. The number of hydrogen-bond donors (Lipinski definition) is 0. The van der Waals surface area contributed by atoms with Gasteiger partial charge in [0.05, 0.1) is 27.3 Å². The fourth-order valence-electron chi connectivity index (χ4n) is 4.16. The maximum absolute atomic E-state index is 12.7. The predicted octanol–water partition coefficient (Wildman–Crippen LogP) is 6.16. The zero-order valence-electron chi connectivity index (χ0n) is 27.9. The Morgan fingerprint density at radius 1 is 0.591 bits per heavy atom. The molecule has 0 unspecified atom stereocenters. The molecule has 0 saturated heterocycles. The van der Waals surface area contributed by atoms with Gasteiger partial charge in [-0.2, -0.15) is 23.5 Å². The fraction of sp³-hybridized carbons (Fsp3) is 0.588. The summed E-state index contributed by atoms with van der Waals surface area (Å²) in [6, 6.07) is 16.4. The Morgan fingerprint density at radius 3 is 1.30 bits per heavy atom. The van der Waals surface area contributed by atoms with Crippen molar-refractivity contribution in [2.24, 2.45) is 0 Å². The number of methoxy groups -OCH3 is 2. The maximum Gasteiger partial charge on any atom is 0.320 e. The quantitative estimate of drug-likeness (QED) is 0.131. The highest BCUT2D eigenvalue weighted by molar-refractivity contribution is 7.98. The molecule has 8 nitrogen and oxygen atoms in total. The minimum atomic E-state index is -0.594. The topological polar surface area (TPSA) is 77.5 Å². The average Bonchev–Trinajstić information content (AvgIpc) is 2.94. The molecular weight excluding hydrogens is 597 g/mol. The van der Waals surface area contributed by atoms with E-state index in [0.717, 1.165) is 54.1 Å². The SMILES string of the molecule is COc1ccc(CSCCN(CCSCc2ccc(OC)cc2)CCN(CC(=O)OC(C)(C)C)CC(=O)OC(C)(C)C)cc1. The summed E-state index contributed by atoms with van der Waals surface area (Å²) in [5, 5.41) is 0. The van der Waals surface area contributed by atoms with Gasteiger partial charge in [-0.15, -0.1) is 0 Å². The van der Waals surface area contributed by atoms with E-state index >= 15 is 0 Å². The molecule has 0 atom stereocenters. The van der Waals surface area contributed by atoms with Crippen molar-refractivity contribution in [1.29, 1.82) is 0 Å². The van der Waals surface area contributed by atoms with E-state index in [0.29, 0.717) is 6.54 Å². The van der Waals surface area contributed by atoms with Crippen molar-refractivity contribution in [3.63, 3.8) is 0 Å². The Morgan fingerprint density at radius 2 is 0.955 bits per heavy atom. The molecule has 0 N–H and O–H groups in total. The lowest BCUT2D eigenvalue weighted by molar-refractivity contribution is -0.159. The summed E-state index contributed by atoms with van der Waals surface area (Å²) < 4.78 is 21.7. The Labute approximate surface area is 273 Å². The molecule has 2 rings (SSSR count). The van der Waals surface area contributed by atoms with Crippen LogP contribution in [0.4, 0.5) is 0 Å². The Hall–Kier alpha value is -2.40. The molecule has 0 spiro atoms. The second-order valence-corrected chi connectivity index (χ2v) is 14.7. The lowest BCUT2D eigenvalue weighted by Gasteiger charge is -2.29. The van der Waals surface area contributed by atoms with Gasteiger partial charge in [0.1, 0.15) is 22.7 Å². The van der Waals surface area contributed by atoms with Crippen LogP contribution in [-0.2, 0) is 30.6 Å². The molecule has 0 amide bonds. The van der Waals surface area contributed by atoms with Crippen molar-refractivity contribution < 1.29 is 28.5 Å². The van der Waals surface area contributed by atoms with Crippen molar-refractivity contribution in [3.8, 4) is 11.5 Å². The highest BCUT2D eigenvalue weighted by Crippen LogP contribution is 2.19. The van der Waals surface area contributed by atoms with Crippen LogP contribution in [0.2, 0.25) is 0 Å². The third-order valence-electron chi connectivity index (χ3n) is 6.24. The van der Waals surface area contributed by atoms with Crippen molar-refractivity contribution >= 4 is 35.5 Å². The van der Waals surface area contributed by atoms with Crippen LogP contribution in [-0.4, -0.2) is 97.9 Å². The molecule has 0 aromatic heterocycles. The number of esters is 2. The maximum atomic E-state index is 12.7. The molecule has 0 bridgehead atoms. The molecule has 0 heterocycles. The van der Waals surface area contributed by atoms with E-state index < -0.39 is 11.2 Å². The van der Waals surface area contributed by atoms with Crippen LogP contribution in [0.3, 0.4) is 0 Å². The van der Waals surface area contributed by atoms with E-state index in [1.807, 2.05) is 94.2 Å². The molecule has 10 heteroatoms. The van der Waals surface area contributed by atoms with Crippen molar-refractivity contribution in [2.75, 3.05) is 65.0 Å². The van der Waals surface area contributed by atoms with Gasteiger partial charge < -0.3 is 23.8 Å². The van der Waals surface area contributed by atoms with Crippen LogP contribution in [0.1, 0.15) is 52.7 Å². The third-order valence-corrected chi connectivity index (χ3v) is 8.25. The van der Waals surface area contributed by atoms with E-state index in [-0.39, 0.29) is 25.0 Å². The van der Waals surface area contributed by atoms with Gasteiger partial charge >= 0.3 is 11.9 Å². The van der Waals surface area contributed by atoms with E-state index in [1.54, 1.807) is 14.2 Å². The van der Waals surface area contributed by atoms with Crippen LogP contribution in [0, 0.1) is 0 Å². The first-order valence-corrected chi connectivity index (χ1v) is 17.4. The number of carbonyl (C=O) groups excluding carboxylic acids is 2. The first-order chi connectivity index (χ1) is 20.8. The van der Waals surface area contributed by atoms with Gasteiger partial charge in [0.2, 0.25) is 0 Å². The Kier molecular flexibility index (Phi) is 16.5. The van der Waals surface area contributed by atoms with Gasteiger partial charge in [0.25, 0.3) is 0 Å². The molecule has 0 aliphatic rings. The Bertz CT molecular complexity index is 1030. The lowest BCUT2D eigenvalue weighted by atomic mass is 10.2. The standard InChI is InChI=1S/C34H52N2O6S2/c1-33(2,3)41-31(37)23-36(24-32(38)42-34(4,5)6)18-17-35(19-21-43-25-27-9-13-29(39-7)14-10-27)20-22-44-26-28-11-15-30(40-8)16-12-28/h9-16H,17-26H2,1-8H3. The number of ether oxygens (including phenoxy) is 4. The van der Waals surface area contributed by atoms with Gasteiger partial charge in [0.15, 0.2) is 0 Å². The molecule has 0 saturated carbocycles. The predicted molar refractivity (Wildman–Crippen MR) is 183 cm³/mol. The Balaban J connectivity index is 1.99. The lowest BCUT2D eigenvalue weighted by Crippen LogP contribution is -2.44. The zero-order valence-corrected chi connectivity index (χ0v) is 29.5. The van der Waals surface area contributed by atoms with Gasteiger partial charge in [0, 0.05) is 49.2 Å². The molecule has 0 radical (unpaired) electrons. The first kappa shape index (κ1) is 37.8. The molecule has 2 aromatic rings. The highest BCUT2D eigenvalue weighted by atomic mass is 32.2. The summed E-state index contributed by atoms with van der Waals surface area (Å²) in [5.74, 6) is 4.80. The monoisotopic (exact) mass is 648 g/mol. The first-order valence-electron chi connectivity index (χ1n) is 15.1. The smallest absolute Gasteiger partial charge is 0.320 e. The van der Waals surface area contributed by atoms with Crippen LogP contribution >= 0.6 is 23.5 Å². The van der Waals surface area contributed by atoms with Crippen LogP contribution in [0.5, 0.6) is 11.5 Å². The number of carbonyl (C=O) groups is 2. The molecular formula is C34H52N2O6S2. The van der Waals surface area contributed by atoms with Gasteiger partial charge in [-0.25, -0.2) is 0 Å². The van der Waals surface area contributed by atoms with Gasteiger partial charge in [-0.1, -0.05) is 24.3 Å². The second-order valence-electron chi connectivity index (χ2n) is 12.5. The van der Waals surface area contributed by atoms with Crippen molar-refractivity contribution in [3.05, 3.63) is 59.7 Å². The minimum Gasteiger partial charge on any atom is -0.497 e. The van der Waals surface area contributed by atoms with Gasteiger partial charge in [-0.3, -0.25) is 14.5 Å². The van der Waals surface area contributed by atoms with Crippen molar-refractivity contribution in [2.45, 2.75) is 64.3 Å². The molecule has 44 heavy (non-hydrogen) atoms. The largest absolute Gasteiger partial charge is 0.497 e. The second kappa shape index (κ2) is 19.2. The normalized spacial score (nSPS) is 12.0. The molecule has 0 aliphatic carbocycles. The van der Waals surface area contributed by atoms with E-state index in [1.165, 1.54) is 11.1 Å². The van der Waals surface area contributed by atoms with Crippen LogP contribution in [0.15, 0.2) is 48.5 Å². The average molecular weight is 649 g/mol. The number of benzene rings is 2. The molecule has 0 fully saturated rings. The summed E-state index contributed by atoms with van der Waals surface area (Å²) in [5.41, 5.74) is 1.34. The fourth-order valence-corrected chi connectivity index (χ4v) is 6.08. The third kappa shape index (κ3) is 17.2. The highest BCUT2D eigenvalue weighted by Gasteiger charge is 2.24. The number of nitrogens with zero attached hydrogens (tertiary/aromatic N) is 2. The van der Waals surface area contributed by atoms with E-state index in [4.69, 9.17) is 18.9 Å². The van der Waals surface area contributed by atoms with Crippen molar-refractivity contribution in [1.82, 2.24) is 9.80 Å². The summed E-state index contributed by atoms with van der Waals surface area (Å²) in [6.07, 6.45) is 0. The number of rotatable bonds is 19. The van der Waals surface area contributed by atoms with E-state index in [2.05, 4.69) is 29.2 Å². The molecule has 0 aliphatic heterocycles. The van der Waals surface area contributed by atoms with Crippen LogP contribution < -0.4 is 9.47 Å².